The molecule has 0 radical (unpaired) electrons. The van der Waals surface area contributed by atoms with Gasteiger partial charge in [-0.05, 0) is 62.8 Å². The van der Waals surface area contributed by atoms with Crippen molar-refractivity contribution in [2.24, 2.45) is 10.9 Å². The molecule has 32 heavy (non-hydrogen) atoms. The highest BCUT2D eigenvalue weighted by atomic mass is 32.2. The SMILES string of the molecule is CC(C)CC(C)N(C)C(=O)c1ccc(NC(=O)CC2SC(N3CCCCC3)=NC2=O)cc1. The number of hydrogen-bond acceptors (Lipinski definition) is 5. The first-order valence-electron chi connectivity index (χ1n) is 11.5. The van der Waals surface area contributed by atoms with Crippen LogP contribution in [0, 0.1) is 5.92 Å². The third-order valence-corrected chi connectivity index (χ3v) is 7.15. The number of benzene rings is 1. The maximum absolute atomic E-state index is 12.7. The van der Waals surface area contributed by atoms with Gasteiger partial charge in [0.1, 0.15) is 5.25 Å². The summed E-state index contributed by atoms with van der Waals surface area (Å²) in [6.45, 7) is 8.19. The van der Waals surface area contributed by atoms with Gasteiger partial charge < -0.3 is 15.1 Å². The number of carbonyl (C=O) groups excluding carboxylic acids is 3. The largest absolute Gasteiger partial charge is 0.351 e. The van der Waals surface area contributed by atoms with Crippen molar-refractivity contribution < 1.29 is 14.4 Å². The van der Waals surface area contributed by atoms with Gasteiger partial charge in [0.25, 0.3) is 11.8 Å². The smallest absolute Gasteiger partial charge is 0.262 e. The fraction of sp³-hybridized carbons (Fsp3) is 0.583. The summed E-state index contributed by atoms with van der Waals surface area (Å²) in [5.41, 5.74) is 1.19. The predicted molar refractivity (Wildman–Crippen MR) is 130 cm³/mol. The van der Waals surface area contributed by atoms with E-state index in [1.165, 1.54) is 18.2 Å². The number of amides is 3. The maximum Gasteiger partial charge on any atom is 0.262 e. The molecule has 0 aromatic heterocycles. The fourth-order valence-electron chi connectivity index (χ4n) is 4.05. The Labute approximate surface area is 195 Å². The molecule has 2 atom stereocenters. The lowest BCUT2D eigenvalue weighted by Gasteiger charge is -2.27. The van der Waals surface area contributed by atoms with Crippen molar-refractivity contribution in [3.8, 4) is 0 Å². The highest BCUT2D eigenvalue weighted by Crippen LogP contribution is 2.29. The van der Waals surface area contributed by atoms with E-state index in [0.29, 0.717) is 17.2 Å². The Morgan fingerprint density at radius 1 is 1.16 bits per heavy atom. The standard InChI is InChI=1S/C24H34N4O3S/c1-16(2)14-17(3)27(4)23(31)18-8-10-19(11-9-18)25-21(29)15-20-22(30)26-24(32-20)28-12-6-5-7-13-28/h8-11,16-17,20H,5-7,12-15H2,1-4H3,(H,25,29). The number of hydrogen-bond donors (Lipinski definition) is 1. The number of carbonyl (C=O) groups is 3. The van der Waals surface area contributed by atoms with Gasteiger partial charge in [0.05, 0.1) is 0 Å². The topological polar surface area (TPSA) is 82.1 Å². The molecular formula is C24H34N4O3S. The van der Waals surface area contributed by atoms with E-state index in [9.17, 15) is 14.4 Å². The molecule has 1 aromatic carbocycles. The summed E-state index contributed by atoms with van der Waals surface area (Å²) in [6.07, 6.45) is 4.47. The highest BCUT2D eigenvalue weighted by molar-refractivity contribution is 8.15. The van der Waals surface area contributed by atoms with Crippen LogP contribution in [0.2, 0.25) is 0 Å². The lowest BCUT2D eigenvalue weighted by atomic mass is 10.0. The number of likely N-dealkylation sites (tertiary alicyclic amines) is 1. The number of thioether (sulfide) groups is 1. The van der Waals surface area contributed by atoms with E-state index in [2.05, 4.69) is 36.0 Å². The van der Waals surface area contributed by atoms with Crippen molar-refractivity contribution in [1.29, 1.82) is 0 Å². The second-order valence-electron chi connectivity index (χ2n) is 9.11. The van der Waals surface area contributed by atoms with Crippen LogP contribution in [0.5, 0.6) is 0 Å². The molecule has 0 aliphatic carbocycles. The minimum absolute atomic E-state index is 0.0358. The van der Waals surface area contributed by atoms with Gasteiger partial charge in [0.15, 0.2) is 5.17 Å². The summed E-state index contributed by atoms with van der Waals surface area (Å²) in [4.78, 5) is 45.6. The summed E-state index contributed by atoms with van der Waals surface area (Å²) in [5.74, 6) is 0.0216. The summed E-state index contributed by atoms with van der Waals surface area (Å²) in [5, 5.41) is 3.12. The lowest BCUT2D eigenvalue weighted by molar-refractivity contribution is -0.121. The molecule has 2 aliphatic heterocycles. The van der Waals surface area contributed by atoms with Gasteiger partial charge >= 0.3 is 0 Å². The molecule has 0 bridgehead atoms. The zero-order valence-corrected chi connectivity index (χ0v) is 20.3. The third-order valence-electron chi connectivity index (χ3n) is 5.94. The van der Waals surface area contributed by atoms with Crippen molar-refractivity contribution >= 4 is 40.3 Å². The minimum atomic E-state index is -0.469. The van der Waals surface area contributed by atoms with Gasteiger partial charge in [0.2, 0.25) is 5.91 Å². The van der Waals surface area contributed by atoms with Crippen LogP contribution in [0.1, 0.15) is 63.2 Å². The van der Waals surface area contributed by atoms with Crippen molar-refractivity contribution in [3.63, 3.8) is 0 Å². The molecule has 8 heteroatoms. The Kier molecular flexibility index (Phi) is 8.34. The highest BCUT2D eigenvalue weighted by Gasteiger charge is 2.33. The molecule has 174 valence electrons. The van der Waals surface area contributed by atoms with Gasteiger partial charge in [-0.15, -0.1) is 0 Å². The molecule has 2 unspecified atom stereocenters. The third kappa shape index (κ3) is 6.34. The zero-order valence-electron chi connectivity index (χ0n) is 19.5. The second-order valence-corrected chi connectivity index (χ2v) is 10.3. The Morgan fingerprint density at radius 3 is 2.44 bits per heavy atom. The molecule has 0 spiro atoms. The molecular weight excluding hydrogens is 424 g/mol. The van der Waals surface area contributed by atoms with Gasteiger partial charge in [-0.25, -0.2) is 0 Å². The number of aliphatic imine (C=N–C) groups is 1. The van der Waals surface area contributed by atoms with Crippen LogP contribution < -0.4 is 5.32 Å². The molecule has 1 fully saturated rings. The van der Waals surface area contributed by atoms with E-state index in [1.807, 2.05) is 7.05 Å². The second kappa shape index (κ2) is 11.0. The van der Waals surface area contributed by atoms with E-state index >= 15 is 0 Å². The van der Waals surface area contributed by atoms with Crippen LogP contribution in [-0.4, -0.2) is 64.1 Å². The Bertz CT molecular complexity index is 863. The first kappa shape index (κ1) is 24.3. The Balaban J connectivity index is 1.50. The van der Waals surface area contributed by atoms with Gasteiger partial charge in [-0.3, -0.25) is 14.4 Å². The monoisotopic (exact) mass is 458 g/mol. The number of amidine groups is 1. The van der Waals surface area contributed by atoms with Gasteiger partial charge in [0, 0.05) is 43.9 Å². The van der Waals surface area contributed by atoms with Gasteiger partial charge in [-0.2, -0.15) is 4.99 Å². The van der Waals surface area contributed by atoms with Crippen LogP contribution >= 0.6 is 11.8 Å². The maximum atomic E-state index is 12.7. The normalized spacial score (nSPS) is 19.7. The molecule has 2 aliphatic rings. The number of nitrogens with one attached hydrogen (secondary N) is 1. The zero-order chi connectivity index (χ0) is 23.3. The summed E-state index contributed by atoms with van der Waals surface area (Å²) < 4.78 is 0. The molecule has 3 amide bonds. The average molecular weight is 459 g/mol. The fourth-order valence-corrected chi connectivity index (χ4v) is 5.17. The molecule has 7 nitrogen and oxygen atoms in total. The van der Waals surface area contributed by atoms with Crippen LogP contribution in [0.4, 0.5) is 5.69 Å². The average Bonchev–Trinajstić information content (AvgIpc) is 3.13. The van der Waals surface area contributed by atoms with E-state index in [-0.39, 0.29) is 30.2 Å². The number of anilines is 1. The molecule has 1 N–H and O–H groups in total. The van der Waals surface area contributed by atoms with Crippen LogP contribution in [0.3, 0.4) is 0 Å². The molecule has 1 aromatic rings. The van der Waals surface area contributed by atoms with E-state index < -0.39 is 5.25 Å². The van der Waals surface area contributed by atoms with E-state index in [0.717, 1.165) is 37.5 Å². The molecule has 3 rings (SSSR count). The van der Waals surface area contributed by atoms with Crippen LogP contribution in [0.15, 0.2) is 29.3 Å². The summed E-state index contributed by atoms with van der Waals surface area (Å²) >= 11 is 1.40. The first-order chi connectivity index (χ1) is 15.2. The van der Waals surface area contributed by atoms with Crippen molar-refractivity contribution in [2.45, 2.75) is 64.2 Å². The minimum Gasteiger partial charge on any atom is -0.351 e. The molecule has 2 heterocycles. The first-order valence-corrected chi connectivity index (χ1v) is 12.3. The molecule has 0 saturated carbocycles. The van der Waals surface area contributed by atoms with Gasteiger partial charge in [-0.1, -0.05) is 25.6 Å². The number of rotatable bonds is 7. The van der Waals surface area contributed by atoms with Crippen molar-refractivity contribution in [2.75, 3.05) is 25.5 Å². The number of piperidine rings is 1. The van der Waals surface area contributed by atoms with E-state index in [1.54, 1.807) is 29.2 Å². The summed E-state index contributed by atoms with van der Waals surface area (Å²) in [6, 6.07) is 7.06. The van der Waals surface area contributed by atoms with Crippen LogP contribution in [0.25, 0.3) is 0 Å². The van der Waals surface area contributed by atoms with E-state index in [4.69, 9.17) is 0 Å². The number of nitrogens with zero attached hydrogens (tertiary/aromatic N) is 3. The summed E-state index contributed by atoms with van der Waals surface area (Å²) in [7, 11) is 1.82. The predicted octanol–water partition coefficient (Wildman–Crippen LogP) is 4.01. The Morgan fingerprint density at radius 2 is 1.81 bits per heavy atom. The van der Waals surface area contributed by atoms with Crippen LogP contribution in [-0.2, 0) is 9.59 Å². The molecule has 1 saturated heterocycles. The Hall–Kier alpha value is -2.35. The quantitative estimate of drug-likeness (QED) is 0.668. The van der Waals surface area contributed by atoms with Crippen molar-refractivity contribution in [1.82, 2.24) is 9.80 Å². The van der Waals surface area contributed by atoms with Crippen molar-refractivity contribution in [3.05, 3.63) is 29.8 Å². The lowest BCUT2D eigenvalue weighted by Crippen LogP contribution is -2.35.